The van der Waals surface area contributed by atoms with Crippen molar-refractivity contribution < 1.29 is 14.3 Å². The summed E-state index contributed by atoms with van der Waals surface area (Å²) in [7, 11) is 0. The first-order valence-electron chi connectivity index (χ1n) is 6.74. The summed E-state index contributed by atoms with van der Waals surface area (Å²) in [4.78, 5) is 24.0. The average Bonchev–Trinajstić information content (AvgIpc) is 2.52. The number of rotatable bonds is 4. The zero-order chi connectivity index (χ0) is 16.8. The smallest absolute Gasteiger partial charge is 0.279 e. The van der Waals surface area contributed by atoms with Gasteiger partial charge in [0.1, 0.15) is 5.75 Å². The first-order chi connectivity index (χ1) is 11.0. The van der Waals surface area contributed by atoms with Crippen molar-refractivity contribution in [3.8, 4) is 5.75 Å². The third kappa shape index (κ3) is 5.07. The molecule has 0 spiro atoms. The maximum absolute atomic E-state index is 12.0. The van der Waals surface area contributed by atoms with E-state index in [2.05, 4.69) is 42.7 Å². The van der Waals surface area contributed by atoms with Crippen LogP contribution < -0.4 is 15.6 Å². The molecular formula is C16H14Br2N2O3. The van der Waals surface area contributed by atoms with Crippen molar-refractivity contribution in [1.82, 2.24) is 10.9 Å². The van der Waals surface area contributed by atoms with Crippen molar-refractivity contribution in [2.45, 2.75) is 13.0 Å². The number of nitrogens with one attached hydrogen (secondary N) is 2. The number of hydrogen-bond acceptors (Lipinski definition) is 3. The summed E-state index contributed by atoms with van der Waals surface area (Å²) in [6.45, 7) is 1.60. The third-order valence-electron chi connectivity index (χ3n) is 2.90. The van der Waals surface area contributed by atoms with Crippen molar-refractivity contribution in [1.29, 1.82) is 0 Å². The summed E-state index contributed by atoms with van der Waals surface area (Å²) in [5, 5.41) is 0. The van der Waals surface area contributed by atoms with Gasteiger partial charge in [0.25, 0.3) is 11.8 Å². The molecule has 2 aromatic rings. The summed E-state index contributed by atoms with van der Waals surface area (Å²) >= 11 is 6.61. The molecule has 1 unspecified atom stereocenters. The third-order valence-corrected chi connectivity index (χ3v) is 4.08. The van der Waals surface area contributed by atoms with Crippen molar-refractivity contribution in [2.75, 3.05) is 0 Å². The van der Waals surface area contributed by atoms with Crippen LogP contribution in [0.1, 0.15) is 17.3 Å². The second-order valence-corrected chi connectivity index (χ2v) is 6.41. The number of amides is 2. The first-order valence-corrected chi connectivity index (χ1v) is 8.33. The number of carbonyl (C=O) groups excluding carboxylic acids is 2. The van der Waals surface area contributed by atoms with Crippen LogP contribution in [0.4, 0.5) is 0 Å². The van der Waals surface area contributed by atoms with E-state index < -0.39 is 17.9 Å². The minimum Gasteiger partial charge on any atom is -0.481 e. The van der Waals surface area contributed by atoms with Crippen molar-refractivity contribution in [3.63, 3.8) is 0 Å². The fourth-order valence-electron chi connectivity index (χ4n) is 1.73. The highest BCUT2D eigenvalue weighted by Crippen LogP contribution is 2.19. The zero-order valence-electron chi connectivity index (χ0n) is 12.2. The number of halogens is 2. The summed E-state index contributed by atoms with van der Waals surface area (Å²) < 4.78 is 7.01. The number of hydrogen-bond donors (Lipinski definition) is 2. The van der Waals surface area contributed by atoms with Gasteiger partial charge < -0.3 is 4.74 Å². The molecule has 0 radical (unpaired) electrons. The predicted octanol–water partition coefficient (Wildman–Crippen LogP) is 3.44. The van der Waals surface area contributed by atoms with Crippen molar-refractivity contribution >= 4 is 43.7 Å². The normalized spacial score (nSPS) is 11.4. The molecule has 23 heavy (non-hydrogen) atoms. The molecule has 2 aromatic carbocycles. The Morgan fingerprint density at radius 2 is 1.78 bits per heavy atom. The highest BCUT2D eigenvalue weighted by molar-refractivity contribution is 9.10. The van der Waals surface area contributed by atoms with Gasteiger partial charge in [0, 0.05) is 8.95 Å². The Balaban J connectivity index is 1.89. The summed E-state index contributed by atoms with van der Waals surface area (Å²) in [6, 6.07) is 14.1. The van der Waals surface area contributed by atoms with Crippen LogP contribution in [0.15, 0.2) is 57.5 Å². The quantitative estimate of drug-likeness (QED) is 0.714. The van der Waals surface area contributed by atoms with Crippen LogP contribution in [0, 0.1) is 0 Å². The van der Waals surface area contributed by atoms with E-state index >= 15 is 0 Å². The van der Waals surface area contributed by atoms with E-state index in [1.165, 1.54) is 0 Å². The number of benzene rings is 2. The lowest BCUT2D eigenvalue weighted by Gasteiger charge is -2.15. The fourth-order valence-corrected chi connectivity index (χ4v) is 2.57. The van der Waals surface area contributed by atoms with Gasteiger partial charge in [-0.25, -0.2) is 0 Å². The maximum Gasteiger partial charge on any atom is 0.279 e. The van der Waals surface area contributed by atoms with Crippen LogP contribution in [-0.4, -0.2) is 17.9 Å². The Labute approximate surface area is 150 Å². The minimum atomic E-state index is -0.760. The van der Waals surface area contributed by atoms with E-state index in [-0.39, 0.29) is 0 Å². The lowest BCUT2D eigenvalue weighted by molar-refractivity contribution is -0.128. The average molecular weight is 442 g/mol. The van der Waals surface area contributed by atoms with Crippen molar-refractivity contribution in [3.05, 3.63) is 63.0 Å². The molecule has 120 valence electrons. The molecule has 2 rings (SSSR count). The van der Waals surface area contributed by atoms with E-state index in [4.69, 9.17) is 4.74 Å². The number of carbonyl (C=O) groups is 2. The fraction of sp³-hybridized carbons (Fsp3) is 0.125. The molecule has 0 fully saturated rings. The monoisotopic (exact) mass is 440 g/mol. The number of ether oxygens (including phenoxy) is 1. The lowest BCUT2D eigenvalue weighted by atomic mass is 10.2. The highest BCUT2D eigenvalue weighted by atomic mass is 79.9. The van der Waals surface area contributed by atoms with Crippen molar-refractivity contribution in [2.24, 2.45) is 0 Å². The van der Waals surface area contributed by atoms with E-state index in [0.29, 0.717) is 15.8 Å². The van der Waals surface area contributed by atoms with E-state index in [9.17, 15) is 9.59 Å². The van der Waals surface area contributed by atoms with Gasteiger partial charge in [0.2, 0.25) is 0 Å². The molecule has 0 saturated heterocycles. The second kappa shape index (κ2) is 8.12. The standard InChI is InChI=1S/C16H14Br2N2O3/c1-10(23-12-6-4-5-11(17)9-12)15(21)19-20-16(22)13-7-2-3-8-14(13)18/h2-10H,1H3,(H,19,21)(H,20,22). The molecule has 2 amide bonds. The second-order valence-electron chi connectivity index (χ2n) is 4.64. The molecule has 2 N–H and O–H groups in total. The Kier molecular flexibility index (Phi) is 6.18. The van der Waals surface area contributed by atoms with Crippen LogP contribution >= 0.6 is 31.9 Å². The molecule has 0 aliphatic rings. The highest BCUT2D eigenvalue weighted by Gasteiger charge is 2.16. The van der Waals surface area contributed by atoms with Crippen LogP contribution in [0.5, 0.6) is 5.75 Å². The van der Waals surface area contributed by atoms with Crippen LogP contribution in [0.3, 0.4) is 0 Å². The van der Waals surface area contributed by atoms with Crippen LogP contribution in [0.2, 0.25) is 0 Å². The molecule has 0 heterocycles. The molecule has 0 bridgehead atoms. The minimum absolute atomic E-state index is 0.416. The molecule has 0 aliphatic carbocycles. The zero-order valence-corrected chi connectivity index (χ0v) is 15.3. The van der Waals surface area contributed by atoms with Gasteiger partial charge >= 0.3 is 0 Å². The molecular weight excluding hydrogens is 428 g/mol. The Bertz CT molecular complexity index is 722. The van der Waals surface area contributed by atoms with Crippen LogP contribution in [0.25, 0.3) is 0 Å². The summed E-state index contributed by atoms with van der Waals surface area (Å²) in [5.74, 6) is -0.315. The van der Waals surface area contributed by atoms with Gasteiger partial charge in [-0.05, 0) is 53.2 Å². The molecule has 0 aliphatic heterocycles. The molecule has 7 heteroatoms. The Morgan fingerprint density at radius 1 is 1.04 bits per heavy atom. The van der Waals surface area contributed by atoms with E-state index in [1.54, 1.807) is 49.4 Å². The lowest BCUT2D eigenvalue weighted by Crippen LogP contribution is -2.47. The number of hydrazine groups is 1. The van der Waals surface area contributed by atoms with Gasteiger partial charge in [0.05, 0.1) is 5.56 Å². The van der Waals surface area contributed by atoms with E-state index in [0.717, 1.165) is 4.47 Å². The topological polar surface area (TPSA) is 67.4 Å². The predicted molar refractivity (Wildman–Crippen MR) is 94.0 cm³/mol. The van der Waals surface area contributed by atoms with Gasteiger partial charge in [-0.2, -0.15) is 0 Å². The van der Waals surface area contributed by atoms with Crippen LogP contribution in [-0.2, 0) is 4.79 Å². The molecule has 0 aromatic heterocycles. The Morgan fingerprint density at radius 3 is 2.48 bits per heavy atom. The van der Waals surface area contributed by atoms with Gasteiger partial charge in [0.15, 0.2) is 6.10 Å². The first kappa shape index (κ1) is 17.5. The molecule has 1 atom stereocenters. The molecule has 0 saturated carbocycles. The molecule has 5 nitrogen and oxygen atoms in total. The van der Waals surface area contributed by atoms with Gasteiger partial charge in [-0.1, -0.05) is 34.1 Å². The Hall–Kier alpha value is -1.86. The van der Waals surface area contributed by atoms with E-state index in [1.807, 2.05) is 6.07 Å². The maximum atomic E-state index is 12.0. The summed E-state index contributed by atoms with van der Waals surface area (Å²) in [5.41, 5.74) is 5.13. The largest absolute Gasteiger partial charge is 0.481 e. The van der Waals surface area contributed by atoms with Gasteiger partial charge in [-0.3, -0.25) is 20.4 Å². The summed E-state index contributed by atoms with van der Waals surface area (Å²) in [6.07, 6.45) is -0.760. The SMILES string of the molecule is CC(Oc1cccc(Br)c1)C(=O)NNC(=O)c1ccccc1Br. The van der Waals surface area contributed by atoms with Gasteiger partial charge in [-0.15, -0.1) is 0 Å².